The van der Waals surface area contributed by atoms with Gasteiger partial charge < -0.3 is 9.47 Å². The Labute approximate surface area is 172 Å². The van der Waals surface area contributed by atoms with Gasteiger partial charge >= 0.3 is 5.97 Å². The fraction of sp³-hybridized carbons (Fsp3) is 0.286. The molecule has 0 atom stereocenters. The van der Waals surface area contributed by atoms with Crippen LogP contribution >= 0.6 is 0 Å². The van der Waals surface area contributed by atoms with Crippen LogP contribution in [0.2, 0.25) is 0 Å². The zero-order chi connectivity index (χ0) is 21.7. The van der Waals surface area contributed by atoms with E-state index in [0.717, 1.165) is 17.7 Å². The molecular weight excluding hydrogens is 392 g/mol. The summed E-state index contributed by atoms with van der Waals surface area (Å²) in [5.41, 5.74) is 0.429. The zero-order valence-electron chi connectivity index (χ0n) is 16.3. The minimum Gasteiger partial charge on any atom is -0.460 e. The molecule has 0 aliphatic carbocycles. The van der Waals surface area contributed by atoms with Gasteiger partial charge in [-0.15, -0.1) is 0 Å². The average molecular weight is 412 g/mol. The highest BCUT2D eigenvalue weighted by atomic mass is 16.6. The van der Waals surface area contributed by atoms with Crippen LogP contribution < -0.4 is 4.90 Å². The van der Waals surface area contributed by atoms with Crippen molar-refractivity contribution in [3.63, 3.8) is 0 Å². The van der Waals surface area contributed by atoms with Gasteiger partial charge in [-0.3, -0.25) is 19.7 Å². The Morgan fingerprint density at radius 3 is 2.37 bits per heavy atom. The number of ether oxygens (including phenoxy) is 2. The van der Waals surface area contributed by atoms with E-state index in [2.05, 4.69) is 0 Å². The molecule has 0 fully saturated rings. The highest BCUT2D eigenvalue weighted by Crippen LogP contribution is 2.30. The summed E-state index contributed by atoms with van der Waals surface area (Å²) in [5, 5.41) is 10.8. The van der Waals surface area contributed by atoms with E-state index in [1.54, 1.807) is 0 Å². The highest BCUT2D eigenvalue weighted by Gasteiger charge is 2.37. The molecule has 0 radical (unpaired) electrons. The van der Waals surface area contributed by atoms with Gasteiger partial charge in [0.15, 0.2) is 0 Å². The second kappa shape index (κ2) is 9.27. The maximum absolute atomic E-state index is 12.8. The monoisotopic (exact) mass is 412 g/mol. The van der Waals surface area contributed by atoms with Gasteiger partial charge in [0, 0.05) is 18.7 Å². The highest BCUT2D eigenvalue weighted by molar-refractivity contribution is 6.34. The van der Waals surface area contributed by atoms with Crippen LogP contribution in [0.1, 0.15) is 50.8 Å². The molecule has 2 aromatic rings. The van der Waals surface area contributed by atoms with Gasteiger partial charge in [0.1, 0.15) is 6.61 Å². The van der Waals surface area contributed by atoms with E-state index in [-0.39, 0.29) is 41.3 Å². The fourth-order valence-corrected chi connectivity index (χ4v) is 2.95. The molecule has 9 nitrogen and oxygen atoms in total. The number of benzene rings is 2. The molecule has 0 spiro atoms. The number of imide groups is 1. The molecular formula is C21H20N2O7. The van der Waals surface area contributed by atoms with Crippen molar-refractivity contribution in [1.29, 1.82) is 0 Å². The van der Waals surface area contributed by atoms with Crippen LogP contribution in [0.5, 0.6) is 0 Å². The van der Waals surface area contributed by atoms with Crippen molar-refractivity contribution in [3.8, 4) is 0 Å². The molecule has 9 heteroatoms. The van der Waals surface area contributed by atoms with Crippen LogP contribution in [0.4, 0.5) is 11.4 Å². The number of anilines is 1. The van der Waals surface area contributed by atoms with Crippen LogP contribution in [0, 0.1) is 10.1 Å². The van der Waals surface area contributed by atoms with Gasteiger partial charge in [-0.2, -0.15) is 0 Å². The molecule has 3 rings (SSSR count). The Kier molecular flexibility index (Phi) is 6.53. The molecule has 2 amide bonds. The van der Waals surface area contributed by atoms with E-state index in [9.17, 15) is 24.5 Å². The van der Waals surface area contributed by atoms with Gasteiger partial charge in [0.2, 0.25) is 0 Å². The van der Waals surface area contributed by atoms with Crippen molar-refractivity contribution in [1.82, 2.24) is 0 Å². The molecule has 0 bridgehead atoms. The summed E-state index contributed by atoms with van der Waals surface area (Å²) in [5.74, 6) is -1.79. The molecule has 1 heterocycles. The quantitative estimate of drug-likeness (QED) is 0.204. The standard InChI is InChI=1S/C21H20N2O7/c1-2-3-10-29-11-12-30-21(26)14-4-9-17-18(13-14)20(25)22(19(17)24)15-5-7-16(8-6-15)23(27)28/h4-9,13H,2-3,10-12H2,1H3. The van der Waals surface area contributed by atoms with Crippen LogP contribution in [0.3, 0.4) is 0 Å². The van der Waals surface area contributed by atoms with Gasteiger partial charge in [0.05, 0.1) is 33.9 Å². The number of unbranched alkanes of at least 4 members (excludes halogenated alkanes) is 1. The number of hydrogen-bond acceptors (Lipinski definition) is 7. The van der Waals surface area contributed by atoms with Gasteiger partial charge in [0.25, 0.3) is 17.5 Å². The van der Waals surface area contributed by atoms with E-state index >= 15 is 0 Å². The Morgan fingerprint density at radius 2 is 1.70 bits per heavy atom. The smallest absolute Gasteiger partial charge is 0.338 e. The van der Waals surface area contributed by atoms with Crippen molar-refractivity contribution < 1.29 is 28.8 Å². The summed E-state index contributed by atoms with van der Waals surface area (Å²) in [7, 11) is 0. The second-order valence-corrected chi connectivity index (χ2v) is 6.58. The number of fused-ring (bicyclic) bond motifs is 1. The number of rotatable bonds is 9. The largest absolute Gasteiger partial charge is 0.460 e. The number of nitro benzene ring substituents is 1. The molecule has 0 unspecified atom stereocenters. The van der Waals surface area contributed by atoms with Crippen LogP contribution in [0.15, 0.2) is 42.5 Å². The van der Waals surface area contributed by atoms with Gasteiger partial charge in [-0.05, 0) is 36.8 Å². The van der Waals surface area contributed by atoms with Crippen molar-refractivity contribution in [2.24, 2.45) is 0 Å². The van der Waals surface area contributed by atoms with Crippen LogP contribution in [-0.4, -0.2) is 42.5 Å². The molecule has 30 heavy (non-hydrogen) atoms. The summed E-state index contributed by atoms with van der Waals surface area (Å²) in [6.45, 7) is 3.01. The van der Waals surface area contributed by atoms with Gasteiger partial charge in [-0.25, -0.2) is 9.69 Å². The number of amides is 2. The van der Waals surface area contributed by atoms with E-state index in [0.29, 0.717) is 6.61 Å². The summed E-state index contributed by atoms with van der Waals surface area (Å²) in [4.78, 5) is 48.8. The van der Waals surface area contributed by atoms with Crippen molar-refractivity contribution in [2.45, 2.75) is 19.8 Å². The van der Waals surface area contributed by atoms with E-state index in [1.807, 2.05) is 6.92 Å². The zero-order valence-corrected chi connectivity index (χ0v) is 16.3. The summed E-state index contributed by atoms with van der Waals surface area (Å²) < 4.78 is 10.5. The maximum Gasteiger partial charge on any atom is 0.338 e. The molecule has 156 valence electrons. The molecule has 0 saturated carbocycles. The lowest BCUT2D eigenvalue weighted by atomic mass is 10.1. The number of carbonyl (C=O) groups is 3. The average Bonchev–Trinajstić information content (AvgIpc) is 3.00. The topological polar surface area (TPSA) is 116 Å². The molecule has 1 aliphatic rings. The Morgan fingerprint density at radius 1 is 1.00 bits per heavy atom. The third-order valence-electron chi connectivity index (χ3n) is 4.54. The van der Waals surface area contributed by atoms with Crippen LogP contribution in [-0.2, 0) is 9.47 Å². The van der Waals surface area contributed by atoms with Crippen molar-refractivity contribution in [2.75, 3.05) is 24.7 Å². The van der Waals surface area contributed by atoms with E-state index < -0.39 is 22.7 Å². The third kappa shape index (κ3) is 4.36. The van der Waals surface area contributed by atoms with Gasteiger partial charge in [-0.1, -0.05) is 13.3 Å². The Bertz CT molecular complexity index is 985. The lowest BCUT2D eigenvalue weighted by Gasteiger charge is -2.13. The Hall–Kier alpha value is -3.59. The first-order valence-electron chi connectivity index (χ1n) is 9.46. The Balaban J connectivity index is 1.70. The number of nitro groups is 1. The molecule has 0 N–H and O–H groups in total. The first kappa shape index (κ1) is 21.1. The molecule has 2 aromatic carbocycles. The minimum atomic E-state index is -0.620. The number of esters is 1. The summed E-state index contributed by atoms with van der Waals surface area (Å²) in [6, 6.07) is 9.22. The molecule has 1 aliphatic heterocycles. The number of carbonyl (C=O) groups excluding carboxylic acids is 3. The molecule has 0 aromatic heterocycles. The third-order valence-corrected chi connectivity index (χ3v) is 4.54. The van der Waals surface area contributed by atoms with Crippen molar-refractivity contribution >= 4 is 29.2 Å². The normalized spacial score (nSPS) is 12.8. The lowest BCUT2D eigenvalue weighted by molar-refractivity contribution is -0.384. The SMILES string of the molecule is CCCCOCCOC(=O)c1ccc2c(c1)C(=O)N(c1ccc([N+](=O)[O-])cc1)C2=O. The minimum absolute atomic E-state index is 0.0759. The number of nitrogens with zero attached hydrogens (tertiary/aromatic N) is 2. The first-order chi connectivity index (χ1) is 14.4. The second-order valence-electron chi connectivity index (χ2n) is 6.58. The predicted octanol–water partition coefficient (Wildman–Crippen LogP) is 3.37. The van der Waals surface area contributed by atoms with E-state index in [4.69, 9.17) is 9.47 Å². The van der Waals surface area contributed by atoms with Crippen molar-refractivity contribution in [3.05, 3.63) is 69.3 Å². The number of non-ortho nitro benzene ring substituents is 1. The fourth-order valence-electron chi connectivity index (χ4n) is 2.95. The number of hydrogen-bond donors (Lipinski definition) is 0. The lowest BCUT2D eigenvalue weighted by Crippen LogP contribution is -2.29. The maximum atomic E-state index is 12.8. The predicted molar refractivity (Wildman–Crippen MR) is 107 cm³/mol. The van der Waals surface area contributed by atoms with E-state index in [1.165, 1.54) is 42.5 Å². The first-order valence-corrected chi connectivity index (χ1v) is 9.46. The molecule has 0 saturated heterocycles. The summed E-state index contributed by atoms with van der Waals surface area (Å²) in [6.07, 6.45) is 1.94. The van der Waals surface area contributed by atoms with Crippen LogP contribution in [0.25, 0.3) is 0 Å². The summed E-state index contributed by atoms with van der Waals surface area (Å²) >= 11 is 0.